The van der Waals surface area contributed by atoms with Crippen molar-refractivity contribution >= 4 is 11.6 Å². The van der Waals surface area contributed by atoms with Gasteiger partial charge in [-0.15, -0.1) is 13.2 Å². The van der Waals surface area contributed by atoms with Crippen molar-refractivity contribution in [2.75, 3.05) is 0 Å². The molecule has 2 N–H and O–H groups in total. The lowest BCUT2D eigenvalue weighted by atomic mass is 9.99. The molecule has 0 aliphatic heterocycles. The molecule has 0 fully saturated rings. The lowest BCUT2D eigenvalue weighted by Gasteiger charge is -2.15. The van der Waals surface area contributed by atoms with Crippen molar-refractivity contribution in [2.24, 2.45) is 5.73 Å². The van der Waals surface area contributed by atoms with Gasteiger partial charge in [-0.05, 0) is 29.8 Å². The Morgan fingerprint density at radius 3 is 2.19 bits per heavy atom. The summed E-state index contributed by atoms with van der Waals surface area (Å²) in [6.45, 7) is 0. The highest BCUT2D eigenvalue weighted by atomic mass is 35.5. The molecule has 0 aliphatic rings. The monoisotopic (exact) mass is 319 g/mol. The fourth-order valence-electron chi connectivity index (χ4n) is 1.81. The first-order valence-electron chi connectivity index (χ1n) is 5.82. The summed E-state index contributed by atoms with van der Waals surface area (Å²) in [7, 11) is 0. The van der Waals surface area contributed by atoms with Crippen LogP contribution in [0.2, 0.25) is 5.02 Å². The molecule has 0 spiro atoms. The molecule has 112 valence electrons. The van der Waals surface area contributed by atoms with Gasteiger partial charge in [-0.1, -0.05) is 29.8 Å². The number of alkyl halides is 3. The highest BCUT2D eigenvalue weighted by Gasteiger charge is 2.31. The summed E-state index contributed by atoms with van der Waals surface area (Å²) in [5.74, 6) is -0.944. The first-order chi connectivity index (χ1) is 9.76. The van der Waals surface area contributed by atoms with Crippen LogP contribution in [0.1, 0.15) is 17.2 Å². The molecule has 7 heteroatoms. The van der Waals surface area contributed by atoms with Gasteiger partial charge in [0.15, 0.2) is 0 Å². The van der Waals surface area contributed by atoms with Gasteiger partial charge >= 0.3 is 6.36 Å². The Kier molecular flexibility index (Phi) is 4.39. The molecule has 2 aromatic rings. The van der Waals surface area contributed by atoms with E-state index in [4.69, 9.17) is 17.3 Å². The number of benzene rings is 2. The topological polar surface area (TPSA) is 35.2 Å². The van der Waals surface area contributed by atoms with Crippen LogP contribution in [0.5, 0.6) is 5.75 Å². The second-order valence-electron chi connectivity index (χ2n) is 4.26. The van der Waals surface area contributed by atoms with Gasteiger partial charge in [-0.3, -0.25) is 0 Å². The number of nitrogens with two attached hydrogens (primary N) is 1. The normalized spacial score (nSPS) is 13.0. The van der Waals surface area contributed by atoms with Crippen LogP contribution in [0.15, 0.2) is 42.5 Å². The van der Waals surface area contributed by atoms with E-state index in [1.165, 1.54) is 24.3 Å². The van der Waals surface area contributed by atoms with Crippen molar-refractivity contribution in [1.29, 1.82) is 0 Å². The van der Waals surface area contributed by atoms with Crippen LogP contribution < -0.4 is 10.5 Å². The zero-order valence-corrected chi connectivity index (χ0v) is 11.3. The molecule has 0 aliphatic carbocycles. The average molecular weight is 320 g/mol. The third-order valence-electron chi connectivity index (χ3n) is 2.77. The molecule has 0 saturated carbocycles. The molecule has 1 atom stereocenters. The summed E-state index contributed by atoms with van der Waals surface area (Å²) in [6.07, 6.45) is -4.76. The molecule has 0 aromatic heterocycles. The third-order valence-corrected chi connectivity index (χ3v) is 3.01. The van der Waals surface area contributed by atoms with Crippen LogP contribution >= 0.6 is 11.6 Å². The molecule has 2 rings (SSSR count). The van der Waals surface area contributed by atoms with E-state index in [1.807, 2.05) is 0 Å². The van der Waals surface area contributed by atoms with Gasteiger partial charge in [0.1, 0.15) is 11.6 Å². The summed E-state index contributed by atoms with van der Waals surface area (Å²) < 4.78 is 53.6. The van der Waals surface area contributed by atoms with E-state index in [0.717, 1.165) is 18.2 Å². The van der Waals surface area contributed by atoms with Crippen molar-refractivity contribution in [3.05, 3.63) is 64.4 Å². The molecule has 2 aromatic carbocycles. The van der Waals surface area contributed by atoms with E-state index in [2.05, 4.69) is 4.74 Å². The minimum atomic E-state index is -4.76. The van der Waals surface area contributed by atoms with Gasteiger partial charge in [0.2, 0.25) is 0 Å². The molecular weight excluding hydrogens is 310 g/mol. The van der Waals surface area contributed by atoms with Crippen LogP contribution in [0, 0.1) is 5.82 Å². The molecule has 21 heavy (non-hydrogen) atoms. The fourth-order valence-corrected chi connectivity index (χ4v) is 1.97. The summed E-state index contributed by atoms with van der Waals surface area (Å²) in [5, 5.41) is 0.234. The van der Waals surface area contributed by atoms with Crippen LogP contribution in [0.4, 0.5) is 17.6 Å². The number of ether oxygens (including phenoxy) is 1. The molecule has 0 bridgehead atoms. The summed E-state index contributed by atoms with van der Waals surface area (Å²) >= 11 is 5.65. The van der Waals surface area contributed by atoms with Gasteiger partial charge in [-0.25, -0.2) is 4.39 Å². The van der Waals surface area contributed by atoms with Crippen molar-refractivity contribution in [3.8, 4) is 5.75 Å². The summed E-state index contributed by atoms with van der Waals surface area (Å²) in [6, 6.07) is 8.16. The van der Waals surface area contributed by atoms with E-state index < -0.39 is 18.2 Å². The van der Waals surface area contributed by atoms with E-state index in [9.17, 15) is 17.6 Å². The maximum absolute atomic E-state index is 13.8. The Bertz CT molecular complexity index is 628. The molecule has 0 saturated heterocycles. The number of rotatable bonds is 3. The third kappa shape index (κ3) is 4.09. The Labute approximate surface area is 123 Å². The highest BCUT2D eigenvalue weighted by Crippen LogP contribution is 2.27. The molecule has 2 nitrogen and oxygen atoms in total. The SMILES string of the molecule is N[C@H](c1ccc(OC(F)(F)F)cc1)c1ccc(Cl)cc1F. The Morgan fingerprint density at radius 2 is 1.67 bits per heavy atom. The van der Waals surface area contributed by atoms with Gasteiger partial charge < -0.3 is 10.5 Å². The summed E-state index contributed by atoms with van der Waals surface area (Å²) in [4.78, 5) is 0. The maximum Gasteiger partial charge on any atom is 0.573 e. The molecule has 0 unspecified atom stereocenters. The van der Waals surface area contributed by atoms with Gasteiger partial charge in [0.25, 0.3) is 0 Å². The molecule has 0 amide bonds. The Balaban J connectivity index is 2.22. The van der Waals surface area contributed by atoms with E-state index in [1.54, 1.807) is 0 Å². The highest BCUT2D eigenvalue weighted by molar-refractivity contribution is 6.30. The Morgan fingerprint density at radius 1 is 1.05 bits per heavy atom. The van der Waals surface area contributed by atoms with E-state index in [0.29, 0.717) is 5.56 Å². The van der Waals surface area contributed by atoms with E-state index >= 15 is 0 Å². The van der Waals surface area contributed by atoms with Crippen LogP contribution in [0.25, 0.3) is 0 Å². The second kappa shape index (κ2) is 5.91. The first kappa shape index (κ1) is 15.6. The predicted molar refractivity (Wildman–Crippen MR) is 70.6 cm³/mol. The smallest absolute Gasteiger partial charge is 0.406 e. The second-order valence-corrected chi connectivity index (χ2v) is 4.70. The first-order valence-corrected chi connectivity index (χ1v) is 6.20. The van der Waals surface area contributed by atoms with Crippen LogP contribution in [-0.2, 0) is 0 Å². The zero-order chi connectivity index (χ0) is 15.6. The van der Waals surface area contributed by atoms with Crippen molar-refractivity contribution < 1.29 is 22.3 Å². The minimum Gasteiger partial charge on any atom is -0.406 e. The fraction of sp³-hybridized carbons (Fsp3) is 0.143. The number of hydrogen-bond donors (Lipinski definition) is 1. The summed E-state index contributed by atoms with van der Waals surface area (Å²) in [5.41, 5.74) is 6.55. The predicted octanol–water partition coefficient (Wildman–Crippen LogP) is 4.43. The van der Waals surface area contributed by atoms with Gasteiger partial charge in [-0.2, -0.15) is 0 Å². The lowest BCUT2D eigenvalue weighted by molar-refractivity contribution is -0.274. The van der Waals surface area contributed by atoms with Crippen molar-refractivity contribution in [3.63, 3.8) is 0 Å². The van der Waals surface area contributed by atoms with Crippen molar-refractivity contribution in [1.82, 2.24) is 0 Å². The molecular formula is C14H10ClF4NO. The minimum absolute atomic E-state index is 0.198. The van der Waals surface area contributed by atoms with Crippen LogP contribution in [-0.4, -0.2) is 6.36 Å². The maximum atomic E-state index is 13.8. The van der Waals surface area contributed by atoms with E-state index in [-0.39, 0.29) is 16.3 Å². The van der Waals surface area contributed by atoms with Gasteiger partial charge in [0, 0.05) is 10.6 Å². The average Bonchev–Trinajstić information content (AvgIpc) is 2.37. The Hall–Kier alpha value is -1.79. The van der Waals surface area contributed by atoms with Gasteiger partial charge in [0.05, 0.1) is 6.04 Å². The number of hydrogen-bond acceptors (Lipinski definition) is 2. The van der Waals surface area contributed by atoms with Crippen molar-refractivity contribution in [2.45, 2.75) is 12.4 Å². The molecule has 0 radical (unpaired) electrons. The molecule has 0 heterocycles. The standard InChI is InChI=1S/C14H10ClF4NO/c15-9-3-6-11(12(16)7-9)13(20)8-1-4-10(5-2-8)21-14(17,18)19/h1-7,13H,20H2/t13-/m1/s1. The van der Waals surface area contributed by atoms with Crippen LogP contribution in [0.3, 0.4) is 0 Å². The largest absolute Gasteiger partial charge is 0.573 e. The zero-order valence-electron chi connectivity index (χ0n) is 10.5. The number of halogens is 5. The lowest BCUT2D eigenvalue weighted by Crippen LogP contribution is -2.17. The quantitative estimate of drug-likeness (QED) is 0.850.